The van der Waals surface area contributed by atoms with E-state index < -0.39 is 12.2 Å². The molecule has 2 unspecified atom stereocenters. The van der Waals surface area contributed by atoms with Crippen molar-refractivity contribution in [1.82, 2.24) is 19.9 Å². The van der Waals surface area contributed by atoms with Gasteiger partial charge in [0.25, 0.3) is 5.91 Å². The third kappa shape index (κ3) is 7.20. The number of halogens is 1. The summed E-state index contributed by atoms with van der Waals surface area (Å²) < 4.78 is 15.6. The van der Waals surface area contributed by atoms with Crippen molar-refractivity contribution in [3.8, 4) is 22.6 Å². The first kappa shape index (κ1) is 29.1. The molecule has 210 valence electrons. The molecule has 0 aliphatic rings. The number of nitrogens with one attached hydrogen (secondary N) is 1. The molecule has 4 rings (SSSR count). The van der Waals surface area contributed by atoms with Crippen molar-refractivity contribution in [2.45, 2.75) is 71.2 Å². The summed E-state index contributed by atoms with van der Waals surface area (Å²) in [7, 11) is 0. The Morgan fingerprint density at radius 2 is 1.70 bits per heavy atom. The van der Waals surface area contributed by atoms with Gasteiger partial charge in [0, 0.05) is 30.4 Å². The van der Waals surface area contributed by atoms with Gasteiger partial charge < -0.3 is 20.1 Å². The molecule has 40 heavy (non-hydrogen) atoms. The molecule has 1 amide bonds. The molecule has 0 saturated carbocycles. The molecular weight excluding hydrogens is 507 g/mol. The van der Waals surface area contributed by atoms with E-state index in [1.807, 2.05) is 67.8 Å². The molecule has 0 aliphatic carbocycles. The van der Waals surface area contributed by atoms with Crippen molar-refractivity contribution in [2.24, 2.45) is 0 Å². The minimum atomic E-state index is -0.706. The number of rotatable bonds is 12. The SMILES string of the molecule is CCC(O)CC(O)CCn1c(-c2ccc(F)cc2)nc(C(=O)NCc2ccc(-c3ccccc3)nc2)c1C(C)C. The number of nitrogens with zero attached hydrogens (tertiary/aromatic N) is 3. The molecule has 2 heterocycles. The Hall–Kier alpha value is -3.88. The molecule has 2 aromatic carbocycles. The molecule has 2 aromatic heterocycles. The highest BCUT2D eigenvalue weighted by molar-refractivity contribution is 5.94. The second kappa shape index (κ2) is 13.5. The highest BCUT2D eigenvalue weighted by atomic mass is 19.1. The zero-order valence-corrected chi connectivity index (χ0v) is 23.2. The molecule has 0 bridgehead atoms. The normalized spacial score (nSPS) is 12.9. The first-order chi connectivity index (χ1) is 19.3. The quantitative estimate of drug-likeness (QED) is 0.212. The van der Waals surface area contributed by atoms with Gasteiger partial charge in [-0.05, 0) is 61.1 Å². The highest BCUT2D eigenvalue weighted by Gasteiger charge is 2.26. The van der Waals surface area contributed by atoms with E-state index in [1.54, 1.807) is 18.3 Å². The molecule has 0 saturated heterocycles. The first-order valence-electron chi connectivity index (χ1n) is 13.8. The first-order valence-corrected chi connectivity index (χ1v) is 13.8. The largest absolute Gasteiger partial charge is 0.393 e. The Morgan fingerprint density at radius 1 is 0.975 bits per heavy atom. The Balaban J connectivity index is 1.58. The summed E-state index contributed by atoms with van der Waals surface area (Å²) in [5, 5.41) is 23.5. The maximum Gasteiger partial charge on any atom is 0.272 e. The Morgan fingerprint density at radius 3 is 2.33 bits per heavy atom. The van der Waals surface area contributed by atoms with Crippen LogP contribution in [0.25, 0.3) is 22.6 Å². The van der Waals surface area contributed by atoms with E-state index >= 15 is 0 Å². The van der Waals surface area contributed by atoms with Crippen LogP contribution in [0.2, 0.25) is 0 Å². The topological polar surface area (TPSA) is 100 Å². The molecule has 2 atom stereocenters. The van der Waals surface area contributed by atoms with E-state index in [0.717, 1.165) is 22.5 Å². The van der Waals surface area contributed by atoms with Gasteiger partial charge >= 0.3 is 0 Å². The van der Waals surface area contributed by atoms with Crippen LogP contribution in [0.15, 0.2) is 72.9 Å². The number of hydrogen-bond donors (Lipinski definition) is 3. The lowest BCUT2D eigenvalue weighted by atomic mass is 10.1. The number of aliphatic hydroxyl groups excluding tert-OH is 2. The smallest absolute Gasteiger partial charge is 0.272 e. The lowest BCUT2D eigenvalue weighted by molar-refractivity contribution is 0.0711. The van der Waals surface area contributed by atoms with Gasteiger partial charge in [-0.2, -0.15) is 0 Å². The third-order valence-corrected chi connectivity index (χ3v) is 6.92. The van der Waals surface area contributed by atoms with Gasteiger partial charge in [0.2, 0.25) is 0 Å². The lowest BCUT2D eigenvalue weighted by Gasteiger charge is -2.19. The molecule has 3 N–H and O–H groups in total. The van der Waals surface area contributed by atoms with Gasteiger partial charge in [0.05, 0.1) is 23.6 Å². The third-order valence-electron chi connectivity index (χ3n) is 6.92. The van der Waals surface area contributed by atoms with Crippen LogP contribution in [-0.4, -0.2) is 42.9 Å². The van der Waals surface area contributed by atoms with Crippen LogP contribution in [0.3, 0.4) is 0 Å². The van der Waals surface area contributed by atoms with Crippen molar-refractivity contribution in [3.63, 3.8) is 0 Å². The minimum absolute atomic E-state index is 0.0485. The van der Waals surface area contributed by atoms with E-state index in [4.69, 9.17) is 4.98 Å². The second-order valence-corrected chi connectivity index (χ2v) is 10.3. The monoisotopic (exact) mass is 544 g/mol. The number of imidazole rings is 1. The van der Waals surface area contributed by atoms with Crippen LogP contribution in [0, 0.1) is 5.82 Å². The maximum absolute atomic E-state index is 13.7. The van der Waals surface area contributed by atoms with Crippen molar-refractivity contribution >= 4 is 5.91 Å². The van der Waals surface area contributed by atoms with Crippen molar-refractivity contribution < 1.29 is 19.4 Å². The van der Waals surface area contributed by atoms with Crippen LogP contribution >= 0.6 is 0 Å². The fourth-order valence-electron chi connectivity index (χ4n) is 4.71. The summed E-state index contributed by atoms with van der Waals surface area (Å²) in [5.41, 5.74) is 4.44. The van der Waals surface area contributed by atoms with Crippen LogP contribution in [0.1, 0.15) is 67.7 Å². The number of aromatic nitrogens is 3. The van der Waals surface area contributed by atoms with Crippen LogP contribution in [0.4, 0.5) is 4.39 Å². The zero-order valence-electron chi connectivity index (χ0n) is 23.2. The molecular formula is C32H37FN4O3. The highest BCUT2D eigenvalue weighted by Crippen LogP contribution is 2.29. The van der Waals surface area contributed by atoms with E-state index in [2.05, 4.69) is 10.3 Å². The van der Waals surface area contributed by atoms with E-state index in [9.17, 15) is 19.4 Å². The molecule has 7 nitrogen and oxygen atoms in total. The minimum Gasteiger partial charge on any atom is -0.393 e. The Bertz CT molecular complexity index is 1390. The summed E-state index contributed by atoms with van der Waals surface area (Å²) in [6, 6.07) is 19.7. The summed E-state index contributed by atoms with van der Waals surface area (Å²) in [5.74, 6) is -0.196. The van der Waals surface area contributed by atoms with Crippen LogP contribution < -0.4 is 5.32 Å². The fourth-order valence-corrected chi connectivity index (χ4v) is 4.71. The molecule has 0 fully saturated rings. The van der Waals surface area contributed by atoms with E-state index in [-0.39, 0.29) is 30.6 Å². The van der Waals surface area contributed by atoms with Gasteiger partial charge in [0.1, 0.15) is 17.3 Å². The predicted octanol–water partition coefficient (Wildman–Crippen LogP) is 5.72. The number of carbonyl (C=O) groups is 1. The van der Waals surface area contributed by atoms with Crippen molar-refractivity contribution in [1.29, 1.82) is 0 Å². The van der Waals surface area contributed by atoms with Gasteiger partial charge in [0.15, 0.2) is 0 Å². The molecule has 0 aliphatic heterocycles. The Labute approximate surface area is 234 Å². The average molecular weight is 545 g/mol. The number of aliphatic hydroxyl groups is 2. The number of benzene rings is 2. The molecule has 0 spiro atoms. The van der Waals surface area contributed by atoms with E-state index in [1.165, 1.54) is 12.1 Å². The second-order valence-electron chi connectivity index (χ2n) is 10.3. The van der Waals surface area contributed by atoms with Crippen LogP contribution in [0.5, 0.6) is 0 Å². The van der Waals surface area contributed by atoms with Gasteiger partial charge in [-0.15, -0.1) is 0 Å². The summed E-state index contributed by atoms with van der Waals surface area (Å²) in [6.45, 7) is 6.52. The van der Waals surface area contributed by atoms with E-state index in [0.29, 0.717) is 36.5 Å². The number of hydrogen-bond acceptors (Lipinski definition) is 5. The van der Waals surface area contributed by atoms with Crippen molar-refractivity contribution in [3.05, 3.63) is 95.7 Å². The summed E-state index contributed by atoms with van der Waals surface area (Å²) >= 11 is 0. The standard InChI is InChI=1S/C32H37FN4O3/c1-4-26(38)18-27(39)16-17-37-30(21(2)3)29(36-31(37)24-11-13-25(33)14-12-24)32(40)35-20-22-10-15-28(34-19-22)23-8-6-5-7-9-23/h5-15,19,21,26-27,38-39H,4,16-18,20H2,1-3H3,(H,35,40). The number of carbonyl (C=O) groups excluding carboxylic acids is 1. The molecule has 4 aromatic rings. The van der Waals surface area contributed by atoms with Gasteiger partial charge in [-0.25, -0.2) is 9.37 Å². The number of pyridine rings is 1. The Kier molecular flexibility index (Phi) is 9.79. The maximum atomic E-state index is 13.7. The number of amides is 1. The van der Waals surface area contributed by atoms with Gasteiger partial charge in [-0.1, -0.05) is 57.2 Å². The lowest BCUT2D eigenvalue weighted by Crippen LogP contribution is -2.25. The molecule has 0 radical (unpaired) electrons. The zero-order chi connectivity index (χ0) is 28.6. The van der Waals surface area contributed by atoms with Crippen molar-refractivity contribution in [2.75, 3.05) is 0 Å². The average Bonchev–Trinajstić information content (AvgIpc) is 3.36. The molecule has 8 heteroatoms. The summed E-state index contributed by atoms with van der Waals surface area (Å²) in [4.78, 5) is 22.7. The summed E-state index contributed by atoms with van der Waals surface area (Å²) in [6.07, 6.45) is 1.69. The fraction of sp³-hybridized carbons (Fsp3) is 0.344. The predicted molar refractivity (Wildman–Crippen MR) is 154 cm³/mol. The van der Waals surface area contributed by atoms with Crippen LogP contribution in [-0.2, 0) is 13.1 Å². The van der Waals surface area contributed by atoms with Gasteiger partial charge in [-0.3, -0.25) is 9.78 Å².